The molecule has 0 saturated heterocycles. The summed E-state index contributed by atoms with van der Waals surface area (Å²) in [6.45, 7) is 0. The van der Waals surface area contributed by atoms with Crippen molar-refractivity contribution in [3.05, 3.63) is 56.4 Å². The van der Waals surface area contributed by atoms with Gasteiger partial charge >= 0.3 is 0 Å². The molecule has 0 saturated carbocycles. The van der Waals surface area contributed by atoms with E-state index in [1.807, 2.05) is 0 Å². The molecule has 0 bridgehead atoms. The number of rotatable bonds is 2. The van der Waals surface area contributed by atoms with Gasteiger partial charge in [0, 0.05) is 17.7 Å². The largest absolute Gasteiger partial charge is 0.282 e. The zero-order valence-electron chi connectivity index (χ0n) is 8.95. The summed E-state index contributed by atoms with van der Waals surface area (Å²) in [6, 6.07) is 8.73. The molecule has 2 aromatic rings. The Labute approximate surface area is 100 Å². The highest BCUT2D eigenvalue weighted by molar-refractivity contribution is 5.61. The Kier molecular flexibility index (Phi) is 2.85. The smallest absolute Gasteiger partial charge is 0.267 e. The summed E-state index contributed by atoms with van der Waals surface area (Å²) in [5.74, 6) is 0. The first-order valence-electron chi connectivity index (χ1n) is 4.86. The van der Waals surface area contributed by atoms with E-state index in [2.05, 4.69) is 10.2 Å². The van der Waals surface area contributed by atoms with E-state index in [1.54, 1.807) is 6.07 Å². The number of nitrogens with one attached hydrogen (secondary N) is 1. The van der Waals surface area contributed by atoms with E-state index in [1.165, 1.54) is 30.3 Å². The van der Waals surface area contributed by atoms with E-state index < -0.39 is 10.5 Å². The van der Waals surface area contributed by atoms with Crippen LogP contribution in [0.25, 0.3) is 11.3 Å². The van der Waals surface area contributed by atoms with Gasteiger partial charge in [-0.3, -0.25) is 14.9 Å². The van der Waals surface area contributed by atoms with Crippen molar-refractivity contribution in [1.82, 2.24) is 10.2 Å². The molecule has 0 aliphatic rings. The van der Waals surface area contributed by atoms with Crippen LogP contribution in [0, 0.1) is 21.4 Å². The maximum atomic E-state index is 11.1. The SMILES string of the molecule is N#Cc1cc(-c2ccc([N+](=O)[O-])cc2)n[nH]c1=O. The molecular formula is C11H6N4O3. The molecule has 0 atom stereocenters. The van der Waals surface area contributed by atoms with Crippen molar-refractivity contribution < 1.29 is 4.92 Å². The molecule has 0 unspecified atom stereocenters. The first-order valence-corrected chi connectivity index (χ1v) is 4.86. The van der Waals surface area contributed by atoms with Gasteiger partial charge < -0.3 is 0 Å². The van der Waals surface area contributed by atoms with Crippen LogP contribution >= 0.6 is 0 Å². The third-order valence-electron chi connectivity index (χ3n) is 2.30. The Morgan fingerprint density at radius 2 is 2.00 bits per heavy atom. The summed E-state index contributed by atoms with van der Waals surface area (Å²) in [7, 11) is 0. The van der Waals surface area contributed by atoms with E-state index in [-0.39, 0.29) is 11.3 Å². The quantitative estimate of drug-likeness (QED) is 0.628. The third-order valence-corrected chi connectivity index (χ3v) is 2.30. The Morgan fingerprint density at radius 3 is 2.56 bits per heavy atom. The van der Waals surface area contributed by atoms with Gasteiger partial charge in [0.25, 0.3) is 11.2 Å². The van der Waals surface area contributed by atoms with Gasteiger partial charge in [-0.2, -0.15) is 10.4 Å². The van der Waals surface area contributed by atoms with Crippen LogP contribution in [-0.2, 0) is 0 Å². The van der Waals surface area contributed by atoms with Crippen LogP contribution in [0.3, 0.4) is 0 Å². The van der Waals surface area contributed by atoms with Crippen molar-refractivity contribution in [3.8, 4) is 17.3 Å². The molecule has 1 N–H and O–H groups in total. The first kappa shape index (κ1) is 11.5. The van der Waals surface area contributed by atoms with E-state index in [0.717, 1.165) is 0 Å². The Balaban J connectivity index is 2.46. The highest BCUT2D eigenvalue weighted by Crippen LogP contribution is 2.19. The molecule has 7 nitrogen and oxygen atoms in total. The topological polar surface area (TPSA) is 113 Å². The maximum absolute atomic E-state index is 11.1. The number of nitro benzene ring substituents is 1. The van der Waals surface area contributed by atoms with Crippen LogP contribution in [-0.4, -0.2) is 15.1 Å². The molecule has 1 heterocycles. The van der Waals surface area contributed by atoms with E-state index in [0.29, 0.717) is 11.3 Å². The van der Waals surface area contributed by atoms with Crippen molar-refractivity contribution in [3.63, 3.8) is 0 Å². The maximum Gasteiger partial charge on any atom is 0.282 e. The fraction of sp³-hybridized carbons (Fsp3) is 0. The van der Waals surface area contributed by atoms with E-state index in [4.69, 9.17) is 5.26 Å². The monoisotopic (exact) mass is 242 g/mol. The lowest BCUT2D eigenvalue weighted by atomic mass is 10.1. The van der Waals surface area contributed by atoms with Gasteiger partial charge in [-0.05, 0) is 18.2 Å². The normalized spacial score (nSPS) is 9.72. The molecule has 0 fully saturated rings. The lowest BCUT2D eigenvalue weighted by Crippen LogP contribution is -2.11. The van der Waals surface area contributed by atoms with Crippen LogP contribution in [0.1, 0.15) is 5.56 Å². The summed E-state index contributed by atoms with van der Waals surface area (Å²) in [6.07, 6.45) is 0. The molecule has 0 aliphatic carbocycles. The van der Waals surface area contributed by atoms with Gasteiger partial charge in [-0.25, -0.2) is 5.10 Å². The first-order chi connectivity index (χ1) is 8.61. The molecule has 0 aliphatic heterocycles. The van der Waals surface area contributed by atoms with E-state index >= 15 is 0 Å². The molecule has 88 valence electrons. The van der Waals surface area contributed by atoms with Crippen LogP contribution in [0.5, 0.6) is 0 Å². The lowest BCUT2D eigenvalue weighted by molar-refractivity contribution is -0.384. The van der Waals surface area contributed by atoms with Crippen LogP contribution < -0.4 is 5.56 Å². The van der Waals surface area contributed by atoms with Crippen molar-refractivity contribution in [2.24, 2.45) is 0 Å². The number of benzene rings is 1. The van der Waals surface area contributed by atoms with Crippen molar-refractivity contribution >= 4 is 5.69 Å². The molecule has 0 amide bonds. The number of non-ortho nitro benzene ring substituents is 1. The highest BCUT2D eigenvalue weighted by atomic mass is 16.6. The third kappa shape index (κ3) is 2.08. The van der Waals surface area contributed by atoms with Crippen molar-refractivity contribution in [1.29, 1.82) is 5.26 Å². The number of nitro groups is 1. The standard InChI is InChI=1S/C11H6N4O3/c12-6-8-5-10(13-14-11(8)16)7-1-3-9(4-2-7)15(17)18/h1-5H,(H,14,16). The molecule has 7 heteroatoms. The number of H-pyrrole nitrogens is 1. The van der Waals surface area contributed by atoms with Gasteiger partial charge in [-0.1, -0.05) is 0 Å². The predicted octanol–water partition coefficient (Wildman–Crippen LogP) is 1.22. The number of aromatic amines is 1. The van der Waals surface area contributed by atoms with Crippen LogP contribution in [0.4, 0.5) is 5.69 Å². The summed E-state index contributed by atoms with van der Waals surface area (Å²) >= 11 is 0. The van der Waals surface area contributed by atoms with Crippen LogP contribution in [0.2, 0.25) is 0 Å². The van der Waals surface area contributed by atoms with Crippen LogP contribution in [0.15, 0.2) is 35.1 Å². The average Bonchev–Trinajstić information content (AvgIpc) is 2.39. The van der Waals surface area contributed by atoms with Gasteiger partial charge in [0.2, 0.25) is 0 Å². The Hall–Kier alpha value is -3.01. The number of hydrogen-bond acceptors (Lipinski definition) is 5. The second-order valence-corrected chi connectivity index (χ2v) is 3.41. The number of nitriles is 1. The second-order valence-electron chi connectivity index (χ2n) is 3.41. The Bertz CT molecular complexity index is 697. The molecule has 1 aromatic heterocycles. The lowest BCUT2D eigenvalue weighted by Gasteiger charge is -1.99. The molecule has 0 spiro atoms. The number of hydrogen-bond donors (Lipinski definition) is 1. The van der Waals surface area contributed by atoms with Gasteiger partial charge in [0.15, 0.2) is 0 Å². The minimum atomic E-state index is -0.567. The second kappa shape index (κ2) is 4.47. The summed E-state index contributed by atoms with van der Waals surface area (Å²) in [5.41, 5.74) is 0.291. The molecule has 0 radical (unpaired) electrons. The van der Waals surface area contributed by atoms with Gasteiger partial charge in [0.1, 0.15) is 11.6 Å². The molecular weight excluding hydrogens is 236 g/mol. The minimum absolute atomic E-state index is 0.0383. The summed E-state index contributed by atoms with van der Waals surface area (Å²) in [4.78, 5) is 21.1. The summed E-state index contributed by atoms with van der Waals surface area (Å²) < 4.78 is 0. The van der Waals surface area contributed by atoms with Crippen molar-refractivity contribution in [2.75, 3.05) is 0 Å². The Morgan fingerprint density at radius 1 is 1.33 bits per heavy atom. The number of nitrogens with zero attached hydrogens (tertiary/aromatic N) is 3. The molecule has 2 rings (SSSR count). The van der Waals surface area contributed by atoms with Gasteiger partial charge in [0.05, 0.1) is 10.6 Å². The fourth-order valence-corrected chi connectivity index (χ4v) is 1.39. The van der Waals surface area contributed by atoms with Crippen molar-refractivity contribution in [2.45, 2.75) is 0 Å². The molecule has 18 heavy (non-hydrogen) atoms. The average molecular weight is 242 g/mol. The summed E-state index contributed by atoms with van der Waals surface area (Å²) in [5, 5.41) is 25.2. The molecule has 1 aromatic carbocycles. The predicted molar refractivity (Wildman–Crippen MR) is 61.7 cm³/mol. The van der Waals surface area contributed by atoms with Gasteiger partial charge in [-0.15, -0.1) is 0 Å². The zero-order chi connectivity index (χ0) is 13.1. The minimum Gasteiger partial charge on any atom is -0.267 e. The fourth-order valence-electron chi connectivity index (χ4n) is 1.39. The zero-order valence-corrected chi connectivity index (χ0v) is 8.95. The highest BCUT2D eigenvalue weighted by Gasteiger charge is 2.08. The number of aromatic nitrogens is 2. The van der Waals surface area contributed by atoms with E-state index in [9.17, 15) is 14.9 Å².